The molecule has 0 amide bonds. The molecule has 3 atom stereocenters. The van der Waals surface area contributed by atoms with Gasteiger partial charge in [-0.15, -0.1) is 0 Å². The van der Waals surface area contributed by atoms with Gasteiger partial charge in [0, 0.05) is 24.8 Å². The first kappa shape index (κ1) is 13.4. The second kappa shape index (κ2) is 5.44. The van der Waals surface area contributed by atoms with Crippen LogP contribution in [0.1, 0.15) is 28.8 Å². The standard InChI is InChI=1S/C16H22N2O2/c1-11-3-4-12(16(19)20-2)9-15(11)17-14-6-8-18-7-5-13(14)10-18/h3-4,9,13-14,17H,5-8,10H2,1-2H3. The number of piperidine rings is 1. The fourth-order valence-corrected chi connectivity index (χ4v) is 3.36. The maximum Gasteiger partial charge on any atom is 0.337 e. The predicted octanol–water partition coefficient (Wildman–Crippen LogP) is 2.29. The highest BCUT2D eigenvalue weighted by molar-refractivity contribution is 5.90. The number of anilines is 1. The number of nitrogens with zero attached hydrogens (tertiary/aromatic N) is 1. The number of esters is 1. The number of hydrogen-bond donors (Lipinski definition) is 1. The Morgan fingerprint density at radius 2 is 2.15 bits per heavy atom. The summed E-state index contributed by atoms with van der Waals surface area (Å²) < 4.78 is 4.80. The number of fused-ring (bicyclic) bond motifs is 2. The zero-order valence-corrected chi connectivity index (χ0v) is 12.2. The lowest BCUT2D eigenvalue weighted by Gasteiger charge is -2.32. The summed E-state index contributed by atoms with van der Waals surface area (Å²) in [6.45, 7) is 5.72. The summed E-state index contributed by atoms with van der Waals surface area (Å²) >= 11 is 0. The van der Waals surface area contributed by atoms with E-state index in [0.29, 0.717) is 11.6 Å². The number of aryl methyl sites for hydroxylation is 1. The molecule has 2 aliphatic heterocycles. The van der Waals surface area contributed by atoms with Crippen molar-refractivity contribution in [2.75, 3.05) is 32.1 Å². The van der Waals surface area contributed by atoms with Crippen molar-refractivity contribution < 1.29 is 9.53 Å². The van der Waals surface area contributed by atoms with Crippen LogP contribution in [-0.2, 0) is 4.74 Å². The van der Waals surface area contributed by atoms with Gasteiger partial charge >= 0.3 is 5.97 Å². The quantitative estimate of drug-likeness (QED) is 0.859. The number of methoxy groups -OCH3 is 1. The summed E-state index contributed by atoms with van der Waals surface area (Å²) in [5, 5.41) is 3.66. The molecule has 3 rings (SSSR count). The average Bonchev–Trinajstić information content (AvgIpc) is 2.86. The van der Waals surface area contributed by atoms with Gasteiger partial charge in [0.25, 0.3) is 0 Å². The van der Waals surface area contributed by atoms with Crippen LogP contribution in [0, 0.1) is 12.8 Å². The van der Waals surface area contributed by atoms with Gasteiger partial charge in [-0.2, -0.15) is 0 Å². The van der Waals surface area contributed by atoms with E-state index in [9.17, 15) is 4.79 Å². The van der Waals surface area contributed by atoms with Crippen LogP contribution in [0.2, 0.25) is 0 Å². The zero-order valence-electron chi connectivity index (χ0n) is 12.2. The fraction of sp³-hybridized carbons (Fsp3) is 0.562. The van der Waals surface area contributed by atoms with Crippen molar-refractivity contribution in [3.63, 3.8) is 0 Å². The van der Waals surface area contributed by atoms with E-state index < -0.39 is 0 Å². The number of nitrogens with one attached hydrogen (secondary N) is 1. The van der Waals surface area contributed by atoms with E-state index in [0.717, 1.165) is 11.6 Å². The van der Waals surface area contributed by atoms with Gasteiger partial charge in [-0.25, -0.2) is 4.79 Å². The number of ether oxygens (including phenoxy) is 1. The van der Waals surface area contributed by atoms with Gasteiger partial charge in [0.05, 0.1) is 12.7 Å². The van der Waals surface area contributed by atoms with Crippen LogP contribution >= 0.6 is 0 Å². The van der Waals surface area contributed by atoms with Crippen molar-refractivity contribution in [2.45, 2.75) is 25.8 Å². The van der Waals surface area contributed by atoms with Crippen LogP contribution in [0.5, 0.6) is 0 Å². The molecule has 0 saturated carbocycles. The van der Waals surface area contributed by atoms with E-state index in [2.05, 4.69) is 17.1 Å². The zero-order chi connectivity index (χ0) is 14.1. The Kier molecular flexibility index (Phi) is 3.66. The highest BCUT2D eigenvalue weighted by Crippen LogP contribution is 2.30. The number of benzene rings is 1. The molecule has 1 N–H and O–H groups in total. The maximum absolute atomic E-state index is 11.6. The van der Waals surface area contributed by atoms with E-state index in [1.165, 1.54) is 45.1 Å². The molecule has 108 valence electrons. The Labute approximate surface area is 120 Å². The predicted molar refractivity (Wildman–Crippen MR) is 79.1 cm³/mol. The van der Waals surface area contributed by atoms with Gasteiger partial charge in [-0.05, 0) is 49.9 Å². The van der Waals surface area contributed by atoms with E-state index in [4.69, 9.17) is 4.74 Å². The van der Waals surface area contributed by atoms with Gasteiger partial charge in [0.15, 0.2) is 0 Å². The highest BCUT2D eigenvalue weighted by Gasteiger charge is 2.34. The number of carbonyl (C=O) groups is 1. The molecular formula is C16H22N2O2. The molecule has 2 fully saturated rings. The van der Waals surface area contributed by atoms with Crippen molar-refractivity contribution in [3.05, 3.63) is 29.3 Å². The van der Waals surface area contributed by atoms with Gasteiger partial charge in [0.1, 0.15) is 0 Å². The topological polar surface area (TPSA) is 41.6 Å². The van der Waals surface area contributed by atoms with Crippen LogP contribution in [0.25, 0.3) is 0 Å². The van der Waals surface area contributed by atoms with Crippen LogP contribution in [-0.4, -0.2) is 43.7 Å². The van der Waals surface area contributed by atoms with Crippen molar-refractivity contribution >= 4 is 11.7 Å². The maximum atomic E-state index is 11.6. The van der Waals surface area contributed by atoms with Gasteiger partial charge < -0.3 is 15.0 Å². The third kappa shape index (κ3) is 2.52. The summed E-state index contributed by atoms with van der Waals surface area (Å²) in [4.78, 5) is 14.2. The summed E-state index contributed by atoms with van der Waals surface area (Å²) in [6.07, 6.45) is 2.47. The minimum atomic E-state index is -0.274. The SMILES string of the molecule is COC(=O)c1ccc(C)c(NC2CCN3CCC2C3)c1. The average molecular weight is 274 g/mol. The molecule has 4 heteroatoms. The van der Waals surface area contributed by atoms with Crippen LogP contribution in [0.15, 0.2) is 18.2 Å². The third-order valence-corrected chi connectivity index (χ3v) is 4.63. The fourth-order valence-electron chi connectivity index (χ4n) is 3.36. The molecule has 4 nitrogen and oxygen atoms in total. The van der Waals surface area contributed by atoms with E-state index in [1.807, 2.05) is 18.2 Å². The van der Waals surface area contributed by atoms with Crippen molar-refractivity contribution in [1.29, 1.82) is 0 Å². The van der Waals surface area contributed by atoms with Crippen LogP contribution < -0.4 is 5.32 Å². The Hall–Kier alpha value is -1.55. The second-order valence-corrected chi connectivity index (χ2v) is 5.91. The highest BCUT2D eigenvalue weighted by atomic mass is 16.5. The van der Waals surface area contributed by atoms with Gasteiger partial charge in [-0.1, -0.05) is 6.07 Å². The van der Waals surface area contributed by atoms with E-state index >= 15 is 0 Å². The number of hydrogen-bond acceptors (Lipinski definition) is 4. The molecule has 2 saturated heterocycles. The Balaban J connectivity index is 1.77. The lowest BCUT2D eigenvalue weighted by atomic mass is 9.93. The van der Waals surface area contributed by atoms with Crippen LogP contribution in [0.4, 0.5) is 5.69 Å². The van der Waals surface area contributed by atoms with Crippen molar-refractivity contribution in [2.24, 2.45) is 5.92 Å². The number of rotatable bonds is 3. The molecular weight excluding hydrogens is 252 g/mol. The first-order valence-electron chi connectivity index (χ1n) is 7.35. The van der Waals surface area contributed by atoms with Crippen LogP contribution in [0.3, 0.4) is 0 Å². The Morgan fingerprint density at radius 1 is 1.35 bits per heavy atom. The summed E-state index contributed by atoms with van der Waals surface area (Å²) in [5.41, 5.74) is 2.86. The molecule has 0 aliphatic carbocycles. The molecule has 2 heterocycles. The minimum absolute atomic E-state index is 0.274. The van der Waals surface area contributed by atoms with Crippen molar-refractivity contribution in [3.8, 4) is 0 Å². The summed E-state index contributed by atoms with van der Waals surface area (Å²) in [5.74, 6) is 0.466. The molecule has 20 heavy (non-hydrogen) atoms. The van der Waals surface area contributed by atoms with E-state index in [-0.39, 0.29) is 5.97 Å². The summed E-state index contributed by atoms with van der Waals surface area (Å²) in [7, 11) is 1.42. The Bertz CT molecular complexity index is 515. The Morgan fingerprint density at radius 3 is 2.95 bits per heavy atom. The van der Waals surface area contributed by atoms with Crippen molar-refractivity contribution in [1.82, 2.24) is 4.90 Å². The van der Waals surface area contributed by atoms with Gasteiger partial charge in [0.2, 0.25) is 0 Å². The number of carbonyl (C=O) groups excluding carboxylic acids is 1. The molecule has 3 unspecified atom stereocenters. The molecule has 2 aliphatic rings. The molecule has 0 aromatic heterocycles. The first-order valence-corrected chi connectivity index (χ1v) is 7.35. The summed E-state index contributed by atoms with van der Waals surface area (Å²) in [6, 6.07) is 6.26. The monoisotopic (exact) mass is 274 g/mol. The molecule has 2 bridgehead atoms. The smallest absolute Gasteiger partial charge is 0.337 e. The molecule has 1 aromatic carbocycles. The largest absolute Gasteiger partial charge is 0.465 e. The normalized spacial score (nSPS) is 28.2. The third-order valence-electron chi connectivity index (χ3n) is 4.63. The molecule has 0 radical (unpaired) electrons. The molecule has 1 aromatic rings. The lowest BCUT2D eigenvalue weighted by Crippen LogP contribution is -2.39. The molecule has 0 spiro atoms. The van der Waals surface area contributed by atoms with Gasteiger partial charge in [-0.3, -0.25) is 0 Å². The second-order valence-electron chi connectivity index (χ2n) is 5.91. The first-order chi connectivity index (χ1) is 9.67. The van der Waals surface area contributed by atoms with E-state index in [1.54, 1.807) is 0 Å². The minimum Gasteiger partial charge on any atom is -0.465 e. The lowest BCUT2D eigenvalue weighted by molar-refractivity contribution is 0.0601.